The zero-order valence-electron chi connectivity index (χ0n) is 25.8. The van der Waals surface area contributed by atoms with E-state index in [0.717, 1.165) is 57.3 Å². The van der Waals surface area contributed by atoms with Gasteiger partial charge in [-0.15, -0.1) is 0 Å². The molecule has 1 unspecified atom stereocenters. The minimum Gasteiger partial charge on any atom is -0.343 e. The Labute approximate surface area is 239 Å². The molecule has 0 radical (unpaired) electrons. The molecule has 0 saturated heterocycles. The van der Waals surface area contributed by atoms with Gasteiger partial charge in [0.05, 0.1) is 11.1 Å². The van der Waals surface area contributed by atoms with Gasteiger partial charge in [-0.25, -0.2) is 24.9 Å². The molecule has 1 aliphatic heterocycles. The molecule has 1 N–H and O–H groups in total. The quantitative estimate of drug-likeness (QED) is 0.273. The Kier molecular flexibility index (Phi) is 10.1. The van der Waals surface area contributed by atoms with Gasteiger partial charge in [0.25, 0.3) is 5.91 Å². The molecule has 3 aromatic heterocycles. The van der Waals surface area contributed by atoms with E-state index >= 15 is 0 Å². The molecule has 214 valence electrons. The Bertz CT molecular complexity index is 1440. The lowest BCUT2D eigenvalue weighted by molar-refractivity contribution is 0.0927. The lowest BCUT2D eigenvalue weighted by atomic mass is 9.84. The number of fused-ring (bicyclic) bond motifs is 2. The van der Waals surface area contributed by atoms with Crippen LogP contribution in [-0.2, 0) is 12.1 Å². The fourth-order valence-electron chi connectivity index (χ4n) is 4.88. The molecule has 40 heavy (non-hydrogen) atoms. The molecule has 0 spiro atoms. The van der Waals surface area contributed by atoms with Crippen molar-refractivity contribution in [2.75, 3.05) is 0 Å². The highest BCUT2D eigenvalue weighted by Gasteiger charge is 2.39. The Morgan fingerprint density at radius 1 is 0.950 bits per heavy atom. The second-order valence-electron chi connectivity index (χ2n) is 11.0. The van der Waals surface area contributed by atoms with Crippen molar-refractivity contribution in [3.8, 4) is 22.6 Å². The van der Waals surface area contributed by atoms with Crippen LogP contribution in [0.15, 0.2) is 36.9 Å². The lowest BCUT2D eigenvalue weighted by Gasteiger charge is -2.28. The Hall–Kier alpha value is -3.68. The maximum absolute atomic E-state index is 12.6. The lowest BCUT2D eigenvalue weighted by Crippen LogP contribution is -2.37. The Morgan fingerprint density at radius 2 is 1.60 bits per heavy atom. The van der Waals surface area contributed by atoms with Crippen molar-refractivity contribution >= 4 is 17.1 Å². The molecular formula is C32H45N7O. The molecule has 1 atom stereocenters. The van der Waals surface area contributed by atoms with E-state index in [1.165, 1.54) is 6.42 Å². The van der Waals surface area contributed by atoms with E-state index in [1.807, 2.05) is 32.9 Å². The predicted octanol–water partition coefficient (Wildman–Crippen LogP) is 7.36. The molecule has 4 aromatic rings. The van der Waals surface area contributed by atoms with Crippen molar-refractivity contribution < 1.29 is 4.79 Å². The van der Waals surface area contributed by atoms with E-state index in [4.69, 9.17) is 4.98 Å². The normalized spacial score (nSPS) is 15.8. The highest BCUT2D eigenvalue weighted by Crippen LogP contribution is 2.39. The average Bonchev–Trinajstić information content (AvgIpc) is 3.43. The summed E-state index contributed by atoms with van der Waals surface area (Å²) in [6, 6.07) is 5.92. The van der Waals surface area contributed by atoms with Crippen LogP contribution in [0.3, 0.4) is 0 Å². The minimum absolute atomic E-state index is 0.0237. The van der Waals surface area contributed by atoms with Crippen LogP contribution < -0.4 is 5.32 Å². The van der Waals surface area contributed by atoms with E-state index in [9.17, 15) is 4.79 Å². The first-order chi connectivity index (χ1) is 19.1. The van der Waals surface area contributed by atoms with Crippen molar-refractivity contribution in [2.45, 2.75) is 94.2 Å². The predicted molar refractivity (Wildman–Crippen MR) is 163 cm³/mol. The largest absolute Gasteiger partial charge is 0.343 e. The van der Waals surface area contributed by atoms with Crippen LogP contribution >= 0.6 is 0 Å². The number of aryl methyl sites for hydroxylation is 2. The van der Waals surface area contributed by atoms with E-state index < -0.39 is 5.54 Å². The zero-order valence-corrected chi connectivity index (χ0v) is 25.8. The standard InChI is InChI=1S/C25H27N7O.C5H12.C2H6/c1-6-32-22(17-11-26-15(4)27-12-17)30-21-20(28-13-29-23(21)32)16-7-8-18-19(9-16)25(5,10-14(2)3)31-24(18)33;1-4-5(2)3;1-2/h7-9,11-14H,6,10H2,1-5H3,(H,31,33);5H,4H2,1-3H3;1-2H3. The van der Waals surface area contributed by atoms with Crippen LogP contribution in [0.1, 0.15) is 96.9 Å². The molecule has 0 aliphatic carbocycles. The zero-order chi connectivity index (χ0) is 29.6. The van der Waals surface area contributed by atoms with Gasteiger partial charge in [0.1, 0.15) is 29.2 Å². The molecule has 4 heterocycles. The van der Waals surface area contributed by atoms with E-state index in [2.05, 4.69) is 84.4 Å². The second kappa shape index (κ2) is 13.1. The first-order valence-corrected chi connectivity index (χ1v) is 14.6. The summed E-state index contributed by atoms with van der Waals surface area (Å²) in [6.45, 7) is 21.7. The molecular weight excluding hydrogens is 498 g/mol. The van der Waals surface area contributed by atoms with Crippen molar-refractivity contribution in [1.29, 1.82) is 0 Å². The van der Waals surface area contributed by atoms with Crippen LogP contribution in [0.2, 0.25) is 0 Å². The maximum atomic E-state index is 12.6. The number of amides is 1. The van der Waals surface area contributed by atoms with Gasteiger partial charge < -0.3 is 9.88 Å². The number of rotatable bonds is 6. The number of carbonyl (C=O) groups excluding carboxylic acids is 1. The molecule has 1 aliphatic rings. The third-order valence-electron chi connectivity index (χ3n) is 7.04. The van der Waals surface area contributed by atoms with Crippen molar-refractivity contribution in [1.82, 2.24) is 34.8 Å². The molecule has 0 saturated carbocycles. The molecule has 1 amide bonds. The second-order valence-corrected chi connectivity index (χ2v) is 11.0. The van der Waals surface area contributed by atoms with Gasteiger partial charge in [-0.2, -0.15) is 0 Å². The summed E-state index contributed by atoms with van der Waals surface area (Å²) in [5.74, 6) is 2.77. The number of hydrogen-bond acceptors (Lipinski definition) is 6. The van der Waals surface area contributed by atoms with Crippen LogP contribution in [0.25, 0.3) is 33.8 Å². The number of imidazole rings is 1. The van der Waals surface area contributed by atoms with Crippen LogP contribution in [0.4, 0.5) is 0 Å². The maximum Gasteiger partial charge on any atom is 0.252 e. The SMILES string of the molecule is CC.CCC(C)C.CCn1c(-c2cnc(C)nc2)nc2c(-c3ccc4c(c3)C(C)(CC(C)C)NC4=O)ncnc21. The summed E-state index contributed by atoms with van der Waals surface area (Å²) < 4.78 is 2.05. The first-order valence-electron chi connectivity index (χ1n) is 14.6. The third-order valence-corrected chi connectivity index (χ3v) is 7.04. The van der Waals surface area contributed by atoms with E-state index in [1.54, 1.807) is 18.7 Å². The first kappa shape index (κ1) is 30.9. The van der Waals surface area contributed by atoms with Gasteiger partial charge >= 0.3 is 0 Å². The molecule has 5 rings (SSSR count). The average molecular weight is 544 g/mol. The number of hydrogen-bond donors (Lipinski definition) is 1. The number of benzene rings is 1. The summed E-state index contributed by atoms with van der Waals surface area (Å²) in [6.07, 6.45) is 7.31. The van der Waals surface area contributed by atoms with Crippen molar-refractivity contribution in [3.05, 3.63) is 53.9 Å². The van der Waals surface area contributed by atoms with Crippen LogP contribution in [0, 0.1) is 18.8 Å². The minimum atomic E-state index is -0.407. The summed E-state index contributed by atoms with van der Waals surface area (Å²) in [7, 11) is 0. The molecule has 0 bridgehead atoms. The van der Waals surface area contributed by atoms with Gasteiger partial charge in [0, 0.05) is 30.1 Å². The van der Waals surface area contributed by atoms with Crippen LogP contribution in [-0.4, -0.2) is 35.4 Å². The summed E-state index contributed by atoms with van der Waals surface area (Å²) in [5, 5.41) is 3.19. The molecule has 0 fully saturated rings. The smallest absolute Gasteiger partial charge is 0.252 e. The summed E-state index contributed by atoms with van der Waals surface area (Å²) in [5.41, 5.74) is 5.30. The van der Waals surface area contributed by atoms with Gasteiger partial charge in [0.15, 0.2) is 5.65 Å². The van der Waals surface area contributed by atoms with Crippen molar-refractivity contribution in [2.24, 2.45) is 11.8 Å². The van der Waals surface area contributed by atoms with Gasteiger partial charge in [-0.05, 0) is 56.7 Å². The Balaban J connectivity index is 0.000000570. The third kappa shape index (κ3) is 6.37. The fourth-order valence-corrected chi connectivity index (χ4v) is 4.88. The van der Waals surface area contributed by atoms with E-state index in [0.29, 0.717) is 18.3 Å². The number of nitrogens with zero attached hydrogens (tertiary/aromatic N) is 6. The number of carbonyl (C=O) groups is 1. The van der Waals surface area contributed by atoms with Crippen molar-refractivity contribution in [3.63, 3.8) is 0 Å². The molecule has 8 heteroatoms. The topological polar surface area (TPSA) is 98.5 Å². The van der Waals surface area contributed by atoms with Crippen LogP contribution in [0.5, 0.6) is 0 Å². The van der Waals surface area contributed by atoms with Gasteiger partial charge in [-0.1, -0.05) is 61.0 Å². The number of nitrogens with one attached hydrogen (secondary N) is 1. The summed E-state index contributed by atoms with van der Waals surface area (Å²) >= 11 is 0. The van der Waals surface area contributed by atoms with Gasteiger partial charge in [0.2, 0.25) is 0 Å². The highest BCUT2D eigenvalue weighted by atomic mass is 16.2. The fraction of sp³-hybridized carbons (Fsp3) is 0.500. The highest BCUT2D eigenvalue weighted by molar-refractivity contribution is 6.01. The summed E-state index contributed by atoms with van der Waals surface area (Å²) in [4.78, 5) is 35.4. The monoisotopic (exact) mass is 543 g/mol. The Morgan fingerprint density at radius 3 is 2.17 bits per heavy atom. The molecule has 8 nitrogen and oxygen atoms in total. The molecule has 1 aromatic carbocycles. The van der Waals surface area contributed by atoms with E-state index in [-0.39, 0.29) is 5.91 Å². The van der Waals surface area contributed by atoms with Gasteiger partial charge in [-0.3, -0.25) is 4.79 Å². The number of aromatic nitrogens is 6.